The molecule has 10 heteroatoms. The first kappa shape index (κ1) is 27.1. The third-order valence-corrected chi connectivity index (χ3v) is 7.67. The van der Waals surface area contributed by atoms with Crippen LogP contribution in [0.15, 0.2) is 46.0 Å². The predicted molar refractivity (Wildman–Crippen MR) is 158 cm³/mol. The van der Waals surface area contributed by atoms with Gasteiger partial charge in [0.25, 0.3) is 5.56 Å². The van der Waals surface area contributed by atoms with Crippen LogP contribution in [-0.4, -0.2) is 73.9 Å². The zero-order valence-electron chi connectivity index (χ0n) is 23.2. The Hall–Kier alpha value is -3.44. The van der Waals surface area contributed by atoms with Crippen molar-refractivity contribution in [3.63, 3.8) is 0 Å². The fourth-order valence-electron chi connectivity index (χ4n) is 5.16. The lowest BCUT2D eigenvalue weighted by Gasteiger charge is -2.30. The molecule has 0 bridgehead atoms. The molecule has 0 spiro atoms. The highest BCUT2D eigenvalue weighted by Gasteiger charge is 2.25. The van der Waals surface area contributed by atoms with Gasteiger partial charge in [-0.15, -0.1) is 0 Å². The van der Waals surface area contributed by atoms with Crippen LogP contribution in [0, 0.1) is 13.8 Å². The highest BCUT2D eigenvalue weighted by molar-refractivity contribution is 5.89. The van der Waals surface area contributed by atoms with Crippen molar-refractivity contribution in [1.82, 2.24) is 30.4 Å². The Morgan fingerprint density at radius 2 is 1.33 bits per heavy atom. The van der Waals surface area contributed by atoms with E-state index >= 15 is 0 Å². The Morgan fingerprint density at radius 3 is 1.97 bits per heavy atom. The van der Waals surface area contributed by atoms with Crippen LogP contribution in [0.25, 0.3) is 0 Å². The Morgan fingerprint density at radius 1 is 0.769 bits per heavy atom. The summed E-state index contributed by atoms with van der Waals surface area (Å²) in [6.45, 7) is 12.9. The van der Waals surface area contributed by atoms with Crippen LogP contribution >= 0.6 is 0 Å². The van der Waals surface area contributed by atoms with E-state index in [2.05, 4.69) is 56.3 Å². The van der Waals surface area contributed by atoms with E-state index in [4.69, 9.17) is 0 Å². The number of aryl methyl sites for hydroxylation is 2. The lowest BCUT2D eigenvalue weighted by Crippen LogP contribution is -2.41. The molecular formula is C29H40N8O2. The van der Waals surface area contributed by atoms with Gasteiger partial charge in [-0.05, 0) is 48.2 Å². The second-order valence-electron chi connectivity index (χ2n) is 10.5. The highest BCUT2D eigenvalue weighted by atomic mass is 16.2. The number of nitrogens with one attached hydrogen (secondary N) is 5. The van der Waals surface area contributed by atoms with Crippen LogP contribution in [-0.2, 0) is 13.1 Å². The van der Waals surface area contributed by atoms with Gasteiger partial charge in [0.1, 0.15) is 11.5 Å². The minimum Gasteiger partial charge on any atom is -0.346 e. The number of rotatable bonds is 4. The van der Waals surface area contributed by atoms with E-state index in [9.17, 15) is 9.59 Å². The molecule has 0 aliphatic carbocycles. The minimum atomic E-state index is -0.418. The zero-order valence-corrected chi connectivity index (χ0v) is 23.2. The number of benzene rings is 2. The summed E-state index contributed by atoms with van der Waals surface area (Å²) in [7, 11) is 1.87. The Labute approximate surface area is 229 Å². The van der Waals surface area contributed by atoms with Gasteiger partial charge in [0.05, 0.1) is 17.9 Å². The molecule has 5 N–H and O–H groups in total. The molecule has 3 heterocycles. The summed E-state index contributed by atoms with van der Waals surface area (Å²) in [4.78, 5) is 33.7. The maximum absolute atomic E-state index is 13.5. The molecule has 0 atom stereocenters. The molecule has 0 unspecified atom stereocenters. The molecule has 1 aromatic heterocycles. The van der Waals surface area contributed by atoms with Crippen LogP contribution < -0.4 is 37.4 Å². The van der Waals surface area contributed by atoms with Gasteiger partial charge < -0.3 is 26.2 Å². The quantitative estimate of drug-likeness (QED) is 0.345. The summed E-state index contributed by atoms with van der Waals surface area (Å²) < 4.78 is 1.27. The summed E-state index contributed by atoms with van der Waals surface area (Å²) in [6.07, 6.45) is 0. The Balaban J connectivity index is 1.30. The molecule has 2 aliphatic rings. The van der Waals surface area contributed by atoms with Gasteiger partial charge in [-0.1, -0.05) is 24.3 Å². The molecule has 1 fully saturated rings. The average Bonchev–Trinajstić information content (AvgIpc) is 2.91. The van der Waals surface area contributed by atoms with Crippen LogP contribution in [0.4, 0.5) is 22.9 Å². The summed E-state index contributed by atoms with van der Waals surface area (Å²) >= 11 is 0. The fraction of sp³-hybridized carbons (Fsp3) is 0.448. The third kappa shape index (κ3) is 6.25. The second kappa shape index (κ2) is 12.2. The van der Waals surface area contributed by atoms with Crippen LogP contribution in [0.3, 0.4) is 0 Å². The molecule has 10 nitrogen and oxygen atoms in total. The Bertz CT molecular complexity index is 1400. The summed E-state index contributed by atoms with van der Waals surface area (Å²) in [5, 5.41) is 13.7. The standard InChI is InChI=1S/C29H40N8O2/c1-20-16-24-25(17-21(20)2)35(3)27-26(33-24)28(38)37(29(39)34-27)19-23-6-4-22(5-7-23)18-36-14-12-31-10-8-30-9-11-32-13-15-36/h4-7,16-17,30-33H,8-15,18-19H2,1-3H3,(H,34,39). The van der Waals surface area contributed by atoms with Crippen LogP contribution in [0.2, 0.25) is 0 Å². The van der Waals surface area contributed by atoms with Crippen molar-refractivity contribution >= 4 is 22.9 Å². The number of nitrogens with zero attached hydrogens (tertiary/aromatic N) is 3. The van der Waals surface area contributed by atoms with Gasteiger partial charge >= 0.3 is 5.69 Å². The topological polar surface area (TPSA) is 109 Å². The van der Waals surface area contributed by atoms with Crippen molar-refractivity contribution in [2.24, 2.45) is 0 Å². The van der Waals surface area contributed by atoms with Gasteiger partial charge in [0.2, 0.25) is 0 Å². The number of hydrogen-bond donors (Lipinski definition) is 5. The normalized spacial score (nSPS) is 16.9. The van der Waals surface area contributed by atoms with Gasteiger partial charge in [-0.2, -0.15) is 0 Å². The number of hydrogen-bond acceptors (Lipinski definition) is 8. The zero-order chi connectivity index (χ0) is 27.4. The lowest BCUT2D eigenvalue weighted by molar-refractivity contribution is 0.263. The summed E-state index contributed by atoms with van der Waals surface area (Å²) in [5.41, 5.74) is 5.84. The first-order valence-electron chi connectivity index (χ1n) is 13.8. The number of fused-ring (bicyclic) bond motifs is 2. The molecule has 2 aliphatic heterocycles. The van der Waals surface area contributed by atoms with Crippen molar-refractivity contribution < 1.29 is 0 Å². The van der Waals surface area contributed by atoms with E-state index in [1.807, 2.05) is 37.1 Å². The molecule has 208 valence electrons. The molecule has 39 heavy (non-hydrogen) atoms. The number of H-pyrrole nitrogens is 1. The van der Waals surface area contributed by atoms with Crippen molar-refractivity contribution in [2.45, 2.75) is 26.9 Å². The minimum absolute atomic E-state index is 0.207. The average molecular weight is 533 g/mol. The van der Waals surface area contributed by atoms with E-state index in [0.717, 1.165) is 87.0 Å². The first-order chi connectivity index (χ1) is 18.9. The molecule has 5 rings (SSSR count). The molecule has 0 saturated carbocycles. The molecule has 3 aromatic rings. The molecule has 0 radical (unpaired) electrons. The first-order valence-corrected chi connectivity index (χ1v) is 13.8. The smallest absolute Gasteiger partial charge is 0.330 e. The molecule has 0 amide bonds. The monoisotopic (exact) mass is 532 g/mol. The summed E-state index contributed by atoms with van der Waals surface area (Å²) in [5.74, 6) is 0.485. The predicted octanol–water partition coefficient (Wildman–Crippen LogP) is 1.61. The van der Waals surface area contributed by atoms with Gasteiger partial charge in [-0.3, -0.25) is 19.2 Å². The lowest BCUT2D eigenvalue weighted by atomic mass is 10.1. The number of anilines is 4. The van der Waals surface area contributed by atoms with Crippen molar-refractivity contribution in [1.29, 1.82) is 0 Å². The van der Waals surface area contributed by atoms with E-state index in [0.29, 0.717) is 11.5 Å². The number of aromatic nitrogens is 2. The molecular weight excluding hydrogens is 492 g/mol. The summed E-state index contributed by atoms with van der Waals surface area (Å²) in [6, 6.07) is 12.3. The van der Waals surface area contributed by atoms with E-state index in [1.165, 1.54) is 10.1 Å². The van der Waals surface area contributed by atoms with E-state index in [1.54, 1.807) is 0 Å². The number of aromatic amines is 1. The molecule has 1 saturated heterocycles. The van der Waals surface area contributed by atoms with Gasteiger partial charge in [-0.25, -0.2) is 4.79 Å². The Kier molecular flexibility index (Phi) is 8.47. The van der Waals surface area contributed by atoms with E-state index in [-0.39, 0.29) is 12.1 Å². The van der Waals surface area contributed by atoms with Crippen molar-refractivity contribution in [3.05, 3.63) is 79.5 Å². The molecule has 2 aromatic carbocycles. The van der Waals surface area contributed by atoms with Crippen LogP contribution in [0.1, 0.15) is 22.3 Å². The van der Waals surface area contributed by atoms with Gasteiger partial charge in [0.15, 0.2) is 0 Å². The van der Waals surface area contributed by atoms with Gasteiger partial charge in [0, 0.05) is 66.0 Å². The van der Waals surface area contributed by atoms with Crippen molar-refractivity contribution in [2.75, 3.05) is 69.6 Å². The third-order valence-electron chi connectivity index (χ3n) is 7.67. The largest absolute Gasteiger partial charge is 0.346 e. The second-order valence-corrected chi connectivity index (χ2v) is 10.5. The highest BCUT2D eigenvalue weighted by Crippen LogP contribution is 2.40. The van der Waals surface area contributed by atoms with E-state index < -0.39 is 5.69 Å². The maximum Gasteiger partial charge on any atom is 0.330 e. The van der Waals surface area contributed by atoms with Crippen molar-refractivity contribution in [3.8, 4) is 0 Å². The SMILES string of the molecule is Cc1cc2c(cc1C)N(C)c1[nH]c(=O)n(Cc3ccc(CN4CCNCCNCCNCC4)cc3)c(=O)c1N2. The van der Waals surface area contributed by atoms with Crippen LogP contribution in [0.5, 0.6) is 0 Å². The maximum atomic E-state index is 13.5. The fourth-order valence-corrected chi connectivity index (χ4v) is 5.16.